The highest BCUT2D eigenvalue weighted by molar-refractivity contribution is 5.91. The van der Waals surface area contributed by atoms with Crippen molar-refractivity contribution in [3.05, 3.63) is 71.3 Å². The van der Waals surface area contributed by atoms with Gasteiger partial charge in [0.25, 0.3) is 0 Å². The first-order valence-corrected chi connectivity index (χ1v) is 8.94. The van der Waals surface area contributed by atoms with Crippen LogP contribution in [0, 0.1) is 11.6 Å². The molecular formula is C20H23F2N5O2. The molecule has 7 nitrogen and oxygen atoms in total. The maximum Gasteiger partial charge on any atom is 0.240 e. The number of hydrogen-bond donors (Lipinski definition) is 4. The van der Waals surface area contributed by atoms with E-state index < -0.39 is 35.4 Å². The van der Waals surface area contributed by atoms with Crippen LogP contribution in [0.3, 0.4) is 0 Å². The van der Waals surface area contributed by atoms with Crippen LogP contribution in [0.1, 0.15) is 29.9 Å². The molecule has 0 aliphatic heterocycles. The summed E-state index contributed by atoms with van der Waals surface area (Å²) in [5.74, 6) is -3.09. The number of benzene rings is 2. The maximum absolute atomic E-state index is 13.3. The molecule has 0 spiro atoms. The van der Waals surface area contributed by atoms with Crippen molar-refractivity contribution < 1.29 is 18.4 Å². The zero-order valence-electron chi connectivity index (χ0n) is 15.6. The molecule has 0 aromatic heterocycles. The van der Waals surface area contributed by atoms with Gasteiger partial charge in [-0.1, -0.05) is 24.3 Å². The highest BCUT2D eigenvalue weighted by atomic mass is 19.1. The minimum Gasteiger partial charge on any atom is -0.370 e. The van der Waals surface area contributed by atoms with Gasteiger partial charge in [-0.05, 0) is 48.2 Å². The Kier molecular flexibility index (Phi) is 7.64. The first kappa shape index (κ1) is 21.8. The number of carbonyl (C=O) groups excluding carboxylic acids is 2. The number of nitrogens with zero attached hydrogens (tertiary/aromatic N) is 1. The van der Waals surface area contributed by atoms with E-state index in [-0.39, 0.29) is 18.9 Å². The van der Waals surface area contributed by atoms with Crippen molar-refractivity contribution in [1.29, 1.82) is 0 Å². The van der Waals surface area contributed by atoms with E-state index in [4.69, 9.17) is 17.2 Å². The number of hydrogen-bond acceptors (Lipinski definition) is 3. The molecule has 154 valence electrons. The smallest absolute Gasteiger partial charge is 0.240 e. The predicted molar refractivity (Wildman–Crippen MR) is 106 cm³/mol. The first-order chi connectivity index (χ1) is 13.8. The third-order valence-corrected chi connectivity index (χ3v) is 4.27. The van der Waals surface area contributed by atoms with Gasteiger partial charge in [-0.15, -0.1) is 0 Å². The minimum atomic E-state index is -0.944. The van der Waals surface area contributed by atoms with Crippen molar-refractivity contribution in [2.45, 2.75) is 24.8 Å². The Morgan fingerprint density at radius 1 is 0.897 bits per heavy atom. The largest absolute Gasteiger partial charge is 0.370 e. The normalized spacial score (nSPS) is 11.7. The van der Waals surface area contributed by atoms with Crippen LogP contribution in [0.15, 0.2) is 53.5 Å². The second kappa shape index (κ2) is 10.2. The SMILES string of the molecule is NC(=O)[C@H](CCCN=C(N)N)NC(=O)C(c1ccc(F)cc1)c1ccc(F)cc1. The number of nitrogens with two attached hydrogens (primary N) is 3. The van der Waals surface area contributed by atoms with Crippen LogP contribution >= 0.6 is 0 Å². The number of carbonyl (C=O) groups is 2. The second-order valence-electron chi connectivity index (χ2n) is 6.45. The van der Waals surface area contributed by atoms with Crippen LogP contribution in [-0.4, -0.2) is 30.4 Å². The van der Waals surface area contributed by atoms with Gasteiger partial charge in [-0.3, -0.25) is 14.6 Å². The molecule has 2 aromatic carbocycles. The molecule has 0 bridgehead atoms. The van der Waals surface area contributed by atoms with Gasteiger partial charge < -0.3 is 22.5 Å². The first-order valence-electron chi connectivity index (χ1n) is 8.94. The molecule has 0 radical (unpaired) electrons. The number of guanidine groups is 1. The summed E-state index contributed by atoms with van der Waals surface area (Å²) in [6.07, 6.45) is 0.654. The van der Waals surface area contributed by atoms with Crippen LogP contribution in [0.4, 0.5) is 8.78 Å². The van der Waals surface area contributed by atoms with E-state index in [9.17, 15) is 18.4 Å². The summed E-state index contributed by atoms with van der Waals surface area (Å²) in [6.45, 7) is 0.279. The van der Waals surface area contributed by atoms with Crippen LogP contribution in [0.5, 0.6) is 0 Å². The van der Waals surface area contributed by atoms with Crippen LogP contribution in [0.2, 0.25) is 0 Å². The Labute approximate surface area is 167 Å². The summed E-state index contributed by atoms with van der Waals surface area (Å²) in [7, 11) is 0. The molecule has 0 aliphatic rings. The molecule has 7 N–H and O–H groups in total. The van der Waals surface area contributed by atoms with Crippen molar-refractivity contribution in [3.63, 3.8) is 0 Å². The second-order valence-corrected chi connectivity index (χ2v) is 6.45. The molecule has 0 heterocycles. The van der Waals surface area contributed by atoms with Crippen molar-refractivity contribution in [3.8, 4) is 0 Å². The highest BCUT2D eigenvalue weighted by Gasteiger charge is 2.27. The van der Waals surface area contributed by atoms with Crippen molar-refractivity contribution in [1.82, 2.24) is 5.32 Å². The summed E-state index contributed by atoms with van der Waals surface area (Å²) in [5.41, 5.74) is 16.9. The number of nitrogens with one attached hydrogen (secondary N) is 1. The molecule has 0 saturated carbocycles. The lowest BCUT2D eigenvalue weighted by Gasteiger charge is -2.22. The molecule has 2 amide bonds. The van der Waals surface area contributed by atoms with E-state index in [1.807, 2.05) is 0 Å². The predicted octanol–water partition coefficient (Wildman–Crippen LogP) is 1.12. The zero-order valence-corrected chi connectivity index (χ0v) is 15.6. The lowest BCUT2D eigenvalue weighted by molar-refractivity contribution is -0.127. The Hall–Kier alpha value is -3.49. The number of rotatable bonds is 9. The van der Waals surface area contributed by atoms with Crippen molar-refractivity contribution in [2.24, 2.45) is 22.2 Å². The van der Waals surface area contributed by atoms with E-state index in [2.05, 4.69) is 10.3 Å². The number of primary amides is 1. The van der Waals surface area contributed by atoms with Gasteiger partial charge in [0.05, 0.1) is 5.92 Å². The maximum atomic E-state index is 13.3. The summed E-state index contributed by atoms with van der Waals surface area (Å²) in [5, 5.41) is 2.62. The third kappa shape index (κ3) is 6.56. The fourth-order valence-electron chi connectivity index (χ4n) is 2.85. The van der Waals surface area contributed by atoms with Crippen LogP contribution < -0.4 is 22.5 Å². The van der Waals surface area contributed by atoms with Crippen molar-refractivity contribution in [2.75, 3.05) is 6.54 Å². The molecule has 0 aliphatic carbocycles. The molecule has 29 heavy (non-hydrogen) atoms. The van der Waals surface area contributed by atoms with E-state index in [1.54, 1.807) is 0 Å². The highest BCUT2D eigenvalue weighted by Crippen LogP contribution is 2.26. The molecule has 2 aromatic rings. The molecule has 1 atom stereocenters. The summed E-state index contributed by atoms with van der Waals surface area (Å²) in [4.78, 5) is 28.6. The molecule has 9 heteroatoms. The summed E-state index contributed by atoms with van der Waals surface area (Å²) < 4.78 is 26.6. The van der Waals surface area contributed by atoms with E-state index in [1.165, 1.54) is 48.5 Å². The topological polar surface area (TPSA) is 137 Å². The fourth-order valence-corrected chi connectivity index (χ4v) is 2.85. The number of halogens is 2. The quantitative estimate of drug-likeness (QED) is 0.283. The van der Waals surface area contributed by atoms with Gasteiger partial charge in [-0.25, -0.2) is 8.78 Å². The van der Waals surface area contributed by atoms with Crippen LogP contribution in [0.25, 0.3) is 0 Å². The fraction of sp³-hybridized carbons (Fsp3) is 0.250. The molecule has 2 rings (SSSR count). The third-order valence-electron chi connectivity index (χ3n) is 4.27. The Balaban J connectivity index is 2.23. The average Bonchev–Trinajstić information content (AvgIpc) is 2.67. The molecular weight excluding hydrogens is 380 g/mol. The van der Waals surface area contributed by atoms with Gasteiger partial charge in [-0.2, -0.15) is 0 Å². The van der Waals surface area contributed by atoms with E-state index in [0.29, 0.717) is 17.5 Å². The lowest BCUT2D eigenvalue weighted by Crippen LogP contribution is -2.46. The molecule has 0 unspecified atom stereocenters. The Morgan fingerprint density at radius 2 is 1.38 bits per heavy atom. The average molecular weight is 403 g/mol. The van der Waals surface area contributed by atoms with Gasteiger partial charge in [0.15, 0.2) is 5.96 Å². The van der Waals surface area contributed by atoms with Gasteiger partial charge in [0, 0.05) is 6.54 Å². The lowest BCUT2D eigenvalue weighted by atomic mass is 9.90. The monoisotopic (exact) mass is 403 g/mol. The Bertz CT molecular complexity index is 820. The standard InChI is InChI=1S/C20H23F2N5O2/c21-14-7-3-12(4-8-14)17(13-5-9-15(22)10-6-13)19(29)27-16(18(23)28)2-1-11-26-20(24)25/h3-10,16-17H,1-2,11H2,(H2,23,28)(H,27,29)(H4,24,25,26)/t16-/m0/s1. The van der Waals surface area contributed by atoms with Gasteiger partial charge in [0.1, 0.15) is 17.7 Å². The van der Waals surface area contributed by atoms with Crippen LogP contribution in [-0.2, 0) is 9.59 Å². The molecule has 0 fully saturated rings. The van der Waals surface area contributed by atoms with E-state index >= 15 is 0 Å². The Morgan fingerprint density at radius 3 is 1.79 bits per heavy atom. The summed E-state index contributed by atoms with van der Waals surface area (Å²) >= 11 is 0. The minimum absolute atomic E-state index is 0.0719. The zero-order chi connectivity index (χ0) is 21.4. The number of aliphatic imine (C=N–C) groups is 1. The van der Waals surface area contributed by atoms with Crippen molar-refractivity contribution >= 4 is 17.8 Å². The molecule has 0 saturated heterocycles. The van der Waals surface area contributed by atoms with Gasteiger partial charge in [0.2, 0.25) is 11.8 Å². The number of amides is 2. The van der Waals surface area contributed by atoms with E-state index in [0.717, 1.165) is 0 Å². The summed E-state index contributed by atoms with van der Waals surface area (Å²) in [6, 6.07) is 9.78. The van der Waals surface area contributed by atoms with Gasteiger partial charge >= 0.3 is 0 Å².